The van der Waals surface area contributed by atoms with E-state index in [1.807, 2.05) is 6.07 Å². The summed E-state index contributed by atoms with van der Waals surface area (Å²) in [6.07, 6.45) is 3.80. The molecule has 1 aromatic carbocycles. The summed E-state index contributed by atoms with van der Waals surface area (Å²) in [6, 6.07) is 5.45. The molecule has 1 aliphatic rings. The van der Waals surface area contributed by atoms with Gasteiger partial charge in [0, 0.05) is 18.2 Å². The van der Waals surface area contributed by atoms with Gasteiger partial charge in [-0.15, -0.1) is 0 Å². The average Bonchev–Trinajstić information content (AvgIpc) is 3.15. The number of hydrogen-bond donors (Lipinski definition) is 1. The van der Waals surface area contributed by atoms with Crippen LogP contribution in [0.15, 0.2) is 18.2 Å². The predicted molar refractivity (Wildman–Crippen MR) is 72.3 cm³/mol. The summed E-state index contributed by atoms with van der Waals surface area (Å²) in [7, 11) is 0. The van der Waals surface area contributed by atoms with Crippen molar-refractivity contribution in [3.05, 3.63) is 29.6 Å². The Morgan fingerprint density at radius 3 is 2.72 bits per heavy atom. The van der Waals surface area contributed by atoms with E-state index in [0.29, 0.717) is 17.3 Å². The maximum Gasteiger partial charge on any atom is 0.146 e. The van der Waals surface area contributed by atoms with Crippen LogP contribution in [0.25, 0.3) is 0 Å². The van der Waals surface area contributed by atoms with Crippen molar-refractivity contribution in [1.29, 1.82) is 0 Å². The standard InChI is InChI=1S/C15H22FNO/c1-3-4-10-17(12-8-9-12)15-13(11(2)18)6-5-7-14(15)16/h5-7,11-12,18H,3-4,8-10H2,1-2H3/t11-/m1/s1. The number of unbranched alkanes of at least 4 members (excludes halogenated alkanes) is 1. The van der Waals surface area contributed by atoms with Gasteiger partial charge in [0.25, 0.3) is 0 Å². The van der Waals surface area contributed by atoms with E-state index in [4.69, 9.17) is 0 Å². The molecule has 0 heterocycles. The van der Waals surface area contributed by atoms with E-state index in [9.17, 15) is 9.50 Å². The molecule has 0 aliphatic heterocycles. The minimum Gasteiger partial charge on any atom is -0.389 e. The van der Waals surface area contributed by atoms with Crippen molar-refractivity contribution in [3.8, 4) is 0 Å². The van der Waals surface area contributed by atoms with Crippen LogP contribution in [0.3, 0.4) is 0 Å². The second-order valence-corrected chi connectivity index (χ2v) is 5.13. The number of aliphatic hydroxyl groups is 1. The fourth-order valence-corrected chi connectivity index (χ4v) is 2.36. The molecule has 1 N–H and O–H groups in total. The van der Waals surface area contributed by atoms with Crippen molar-refractivity contribution in [2.75, 3.05) is 11.4 Å². The van der Waals surface area contributed by atoms with Crippen molar-refractivity contribution in [1.82, 2.24) is 0 Å². The number of para-hydroxylation sites is 1. The molecule has 0 amide bonds. The fourth-order valence-electron chi connectivity index (χ4n) is 2.36. The maximum atomic E-state index is 14.1. The number of rotatable bonds is 6. The van der Waals surface area contributed by atoms with Crippen LogP contribution in [0.4, 0.5) is 10.1 Å². The van der Waals surface area contributed by atoms with Crippen LogP contribution >= 0.6 is 0 Å². The number of anilines is 1. The van der Waals surface area contributed by atoms with Crippen LogP contribution in [0.5, 0.6) is 0 Å². The largest absolute Gasteiger partial charge is 0.389 e. The Morgan fingerprint density at radius 2 is 2.17 bits per heavy atom. The van der Waals surface area contributed by atoms with Crippen molar-refractivity contribution >= 4 is 5.69 Å². The number of hydrogen-bond acceptors (Lipinski definition) is 2. The normalized spacial score (nSPS) is 16.7. The molecule has 1 aromatic rings. The van der Waals surface area contributed by atoms with Crippen molar-refractivity contribution in [2.24, 2.45) is 0 Å². The van der Waals surface area contributed by atoms with Crippen LogP contribution in [0, 0.1) is 5.82 Å². The fraction of sp³-hybridized carbons (Fsp3) is 0.600. The van der Waals surface area contributed by atoms with Gasteiger partial charge in [-0.25, -0.2) is 4.39 Å². The molecule has 0 aromatic heterocycles. The maximum absolute atomic E-state index is 14.1. The van der Waals surface area contributed by atoms with Crippen molar-refractivity contribution in [3.63, 3.8) is 0 Å². The lowest BCUT2D eigenvalue weighted by molar-refractivity contribution is 0.199. The van der Waals surface area contributed by atoms with Gasteiger partial charge >= 0.3 is 0 Å². The van der Waals surface area contributed by atoms with Gasteiger partial charge in [-0.1, -0.05) is 25.5 Å². The van der Waals surface area contributed by atoms with Crippen LogP contribution in [0.2, 0.25) is 0 Å². The first-order valence-corrected chi connectivity index (χ1v) is 6.88. The molecule has 2 nitrogen and oxygen atoms in total. The Morgan fingerprint density at radius 1 is 1.44 bits per heavy atom. The Hall–Kier alpha value is -1.09. The van der Waals surface area contributed by atoms with E-state index >= 15 is 0 Å². The lowest BCUT2D eigenvalue weighted by Crippen LogP contribution is -2.29. The second-order valence-electron chi connectivity index (χ2n) is 5.13. The third-order valence-corrected chi connectivity index (χ3v) is 3.50. The van der Waals surface area contributed by atoms with Crippen LogP contribution in [-0.2, 0) is 0 Å². The van der Waals surface area contributed by atoms with Gasteiger partial charge in [-0.2, -0.15) is 0 Å². The third kappa shape index (κ3) is 2.83. The zero-order valence-electron chi connectivity index (χ0n) is 11.2. The highest BCUT2D eigenvalue weighted by Crippen LogP contribution is 2.37. The lowest BCUT2D eigenvalue weighted by Gasteiger charge is -2.28. The first-order chi connectivity index (χ1) is 8.65. The Labute approximate surface area is 108 Å². The molecule has 1 saturated carbocycles. The van der Waals surface area contributed by atoms with E-state index in [1.54, 1.807) is 13.0 Å². The molecule has 3 heteroatoms. The van der Waals surface area contributed by atoms with E-state index in [2.05, 4.69) is 11.8 Å². The predicted octanol–water partition coefficient (Wildman–Crippen LogP) is 3.65. The zero-order valence-corrected chi connectivity index (χ0v) is 11.2. The van der Waals surface area contributed by atoms with Crippen molar-refractivity contribution < 1.29 is 9.50 Å². The smallest absolute Gasteiger partial charge is 0.146 e. The first kappa shape index (κ1) is 13.3. The third-order valence-electron chi connectivity index (χ3n) is 3.50. The minimum atomic E-state index is -0.626. The molecular formula is C15H22FNO. The summed E-state index contributed by atoms with van der Waals surface area (Å²) in [5.41, 5.74) is 1.32. The van der Waals surface area contributed by atoms with Crippen LogP contribution in [0.1, 0.15) is 51.2 Å². The molecule has 0 saturated heterocycles. The van der Waals surface area contributed by atoms with Crippen LogP contribution in [-0.4, -0.2) is 17.7 Å². The summed E-state index contributed by atoms with van der Waals surface area (Å²) in [4.78, 5) is 2.15. The summed E-state index contributed by atoms with van der Waals surface area (Å²) in [5, 5.41) is 9.81. The van der Waals surface area contributed by atoms with Gasteiger partial charge in [-0.3, -0.25) is 0 Å². The number of aliphatic hydroxyl groups excluding tert-OH is 1. The molecule has 0 unspecified atom stereocenters. The highest BCUT2D eigenvalue weighted by Gasteiger charge is 2.32. The number of halogens is 1. The molecule has 1 fully saturated rings. The van der Waals surface area contributed by atoms with E-state index in [0.717, 1.165) is 32.2 Å². The quantitative estimate of drug-likeness (QED) is 0.834. The van der Waals surface area contributed by atoms with Crippen molar-refractivity contribution in [2.45, 2.75) is 51.7 Å². The lowest BCUT2D eigenvalue weighted by atomic mass is 10.1. The Balaban J connectivity index is 2.33. The molecule has 0 bridgehead atoms. The van der Waals surface area contributed by atoms with Gasteiger partial charge in [0.1, 0.15) is 5.82 Å². The van der Waals surface area contributed by atoms with Gasteiger partial charge in [-0.05, 0) is 32.3 Å². The Bertz CT molecular complexity index is 401. The van der Waals surface area contributed by atoms with Crippen LogP contribution < -0.4 is 4.90 Å². The van der Waals surface area contributed by atoms with Gasteiger partial charge in [0.2, 0.25) is 0 Å². The Kier molecular flexibility index (Phi) is 4.23. The van der Waals surface area contributed by atoms with Gasteiger partial charge in [0.05, 0.1) is 11.8 Å². The minimum absolute atomic E-state index is 0.212. The summed E-state index contributed by atoms with van der Waals surface area (Å²) in [5.74, 6) is -0.212. The molecule has 2 rings (SSSR count). The second kappa shape index (κ2) is 5.70. The number of benzene rings is 1. The van der Waals surface area contributed by atoms with E-state index in [-0.39, 0.29) is 5.82 Å². The molecule has 0 radical (unpaired) electrons. The van der Waals surface area contributed by atoms with E-state index < -0.39 is 6.10 Å². The van der Waals surface area contributed by atoms with Gasteiger partial charge in [0.15, 0.2) is 0 Å². The highest BCUT2D eigenvalue weighted by molar-refractivity contribution is 5.57. The molecular weight excluding hydrogens is 229 g/mol. The molecule has 18 heavy (non-hydrogen) atoms. The summed E-state index contributed by atoms with van der Waals surface area (Å²) < 4.78 is 14.1. The summed E-state index contributed by atoms with van der Waals surface area (Å²) in [6.45, 7) is 4.72. The highest BCUT2D eigenvalue weighted by atomic mass is 19.1. The molecule has 0 spiro atoms. The number of nitrogens with zero attached hydrogens (tertiary/aromatic N) is 1. The van der Waals surface area contributed by atoms with E-state index in [1.165, 1.54) is 6.07 Å². The monoisotopic (exact) mass is 251 g/mol. The SMILES string of the molecule is CCCCN(c1c(F)cccc1[C@@H](C)O)C1CC1. The topological polar surface area (TPSA) is 23.5 Å². The first-order valence-electron chi connectivity index (χ1n) is 6.88. The zero-order chi connectivity index (χ0) is 13.1. The summed E-state index contributed by atoms with van der Waals surface area (Å²) >= 11 is 0. The molecule has 1 aliphatic carbocycles. The average molecular weight is 251 g/mol. The van der Waals surface area contributed by atoms with Gasteiger partial charge < -0.3 is 10.0 Å². The molecule has 100 valence electrons. The molecule has 1 atom stereocenters.